The molecule has 0 aromatic rings. The number of fused-ring (bicyclic) bond motifs is 20. The number of allylic oxidation sites excluding steroid dienone is 15. The number of ketones is 3. The van der Waals surface area contributed by atoms with E-state index in [4.69, 9.17) is 0 Å². The Morgan fingerprint density at radius 3 is 1.31 bits per heavy atom. The number of aliphatic hydroxyl groups excluding tert-OH is 1. The number of rotatable bonds is 1. The zero-order valence-electron chi connectivity index (χ0n) is 57.0. The van der Waals surface area contributed by atoms with Crippen LogP contribution in [-0.2, 0) is 14.4 Å². The molecule has 0 bridgehead atoms. The Kier molecular flexibility index (Phi) is 18.3. The van der Waals surface area contributed by atoms with Crippen LogP contribution in [0.4, 0.5) is 0 Å². The van der Waals surface area contributed by atoms with Crippen LogP contribution in [0.2, 0.25) is 0 Å². The molecule has 0 aliphatic heterocycles. The highest BCUT2D eigenvalue weighted by atomic mass is 16.3. The summed E-state index contributed by atoms with van der Waals surface area (Å²) in [5.74, 6) is 40.8. The lowest BCUT2D eigenvalue weighted by Crippen LogP contribution is -2.48. The van der Waals surface area contributed by atoms with Gasteiger partial charge in [-0.15, -0.1) is 23.7 Å². The molecule has 478 valence electrons. The summed E-state index contributed by atoms with van der Waals surface area (Å²) >= 11 is 0. The molecule has 0 aromatic heterocycles. The van der Waals surface area contributed by atoms with E-state index in [0.29, 0.717) is 62.7 Å². The summed E-state index contributed by atoms with van der Waals surface area (Å²) < 4.78 is 0. The lowest BCUT2D eigenvalue weighted by atomic mass is 9.49. The zero-order chi connectivity index (χ0) is 62.9. The Bertz CT molecular complexity index is 3400. The maximum Gasteiger partial charge on any atom is 0.155 e. The molecular weight excluding hydrogens is 1100 g/mol. The summed E-state index contributed by atoms with van der Waals surface area (Å²) in [7, 11) is 0. The van der Waals surface area contributed by atoms with Crippen molar-refractivity contribution in [2.45, 2.75) is 248 Å². The van der Waals surface area contributed by atoms with Crippen LogP contribution in [0.3, 0.4) is 0 Å². The second-order valence-electron chi connectivity index (χ2n) is 32.8. The maximum absolute atomic E-state index is 11.8. The standard InChI is InChI=1S/2C22H28O.C21H28O.C21H26O/c1-4-5-16-6-9-20-21-14(2)12-15-13-17(23)7-8-18(15)19(21)10-11-22(16,20)3;1-3-5-16-7-11-21-20-9-6-15-14-17(23)8-10-18(15)19(20)12-13-22(16,21)4-2;2*1-3-4-15-6-10-20-19-8-5-14-13-16(22)7-9-17(14)18(19)11-12-21(15,20)2/h6,13-14,18-21H,7-12H2,1-3H3;7,14,18-21H,4,6,8-13H2,1-2H3;6,13,16-20,22H,5,7-12H2,1-2H3;6,13,17-20H,5,7-12H2,1-2H3/t14-,18+,19?,20?,21?,22-;18-,19?,20?,21?,22+;16-,17-,18?,19?,20?,21+;17-,18?,19?,20?,21+/m1000/s1. The Labute approximate surface area is 544 Å². The van der Waals surface area contributed by atoms with Crippen LogP contribution >= 0.6 is 0 Å². The molecule has 0 radical (unpaired) electrons. The van der Waals surface area contributed by atoms with Crippen LogP contribution in [0, 0.1) is 170 Å². The van der Waals surface area contributed by atoms with Crippen LogP contribution in [0.15, 0.2) is 93.2 Å². The third kappa shape index (κ3) is 11.1. The van der Waals surface area contributed by atoms with Gasteiger partial charge in [0.15, 0.2) is 17.3 Å². The average molecular weight is 1210 g/mol. The van der Waals surface area contributed by atoms with E-state index >= 15 is 0 Å². The van der Waals surface area contributed by atoms with Gasteiger partial charge in [-0.1, -0.05) is 111 Å². The van der Waals surface area contributed by atoms with Crippen molar-refractivity contribution in [3.8, 4) is 47.4 Å². The van der Waals surface area contributed by atoms with E-state index < -0.39 is 0 Å². The van der Waals surface area contributed by atoms with Crippen LogP contribution in [0.25, 0.3) is 0 Å². The fourth-order valence-electron chi connectivity index (χ4n) is 25.3. The van der Waals surface area contributed by atoms with Crippen molar-refractivity contribution in [1.82, 2.24) is 0 Å². The first-order valence-electron chi connectivity index (χ1n) is 37.1. The van der Waals surface area contributed by atoms with E-state index in [1.807, 2.05) is 45.9 Å². The van der Waals surface area contributed by atoms with Gasteiger partial charge >= 0.3 is 0 Å². The minimum atomic E-state index is -0.170. The van der Waals surface area contributed by atoms with E-state index in [-0.39, 0.29) is 6.10 Å². The maximum atomic E-state index is 11.8. The van der Waals surface area contributed by atoms with Crippen molar-refractivity contribution in [1.29, 1.82) is 0 Å². The molecule has 4 nitrogen and oxygen atoms in total. The topological polar surface area (TPSA) is 71.4 Å². The molecule has 0 amide bonds. The highest BCUT2D eigenvalue weighted by molar-refractivity contribution is 5.92. The van der Waals surface area contributed by atoms with Gasteiger partial charge in [0.05, 0.1) is 6.10 Å². The molecule has 8 fully saturated rings. The van der Waals surface area contributed by atoms with Gasteiger partial charge in [0.25, 0.3) is 0 Å². The molecule has 0 saturated heterocycles. The van der Waals surface area contributed by atoms with Gasteiger partial charge < -0.3 is 5.11 Å². The largest absolute Gasteiger partial charge is 0.389 e. The lowest BCUT2D eigenvalue weighted by molar-refractivity contribution is -0.116. The molecular formula is C86H110O4. The molecule has 16 aliphatic rings. The molecule has 22 atom stereocenters. The molecule has 16 aliphatic carbocycles. The SMILES string of the molecule is CC#CC1=CCC2C3C(CC[C@]12C)[C@H]1CCC(=O)C=C1C[C@H]3C.CC#CC1=CCC2C3CCC4=CC(=O)CC[C@@H]4C3CC[C@]12C.CC#CC1=CCC2C3CCC4=CC(=O)CC[C@@H]4C3CC[C@]12CC.CC#CC1=CCC2C3CCC4=C[C@@H](O)CC[C@@H]4C3CC[C@]12C. The highest BCUT2D eigenvalue weighted by Gasteiger charge is 2.59. The highest BCUT2D eigenvalue weighted by Crippen LogP contribution is 2.67. The van der Waals surface area contributed by atoms with Gasteiger partial charge in [0, 0.05) is 63.2 Å². The van der Waals surface area contributed by atoms with E-state index in [0.717, 1.165) is 128 Å². The van der Waals surface area contributed by atoms with E-state index in [1.165, 1.54) is 167 Å². The van der Waals surface area contributed by atoms with Gasteiger partial charge in [-0.2, -0.15) is 0 Å². The van der Waals surface area contributed by atoms with Crippen molar-refractivity contribution in [2.24, 2.45) is 122 Å². The number of hydrogen-bond donors (Lipinski definition) is 1. The third-order valence-corrected chi connectivity index (χ3v) is 29.4. The predicted molar refractivity (Wildman–Crippen MR) is 366 cm³/mol. The lowest BCUT2D eigenvalue weighted by Gasteiger charge is -2.55. The van der Waals surface area contributed by atoms with E-state index in [1.54, 1.807) is 5.57 Å². The third-order valence-electron chi connectivity index (χ3n) is 29.4. The molecule has 1 N–H and O–H groups in total. The Morgan fingerprint density at radius 2 is 0.811 bits per heavy atom. The predicted octanol–water partition coefficient (Wildman–Crippen LogP) is 19.2. The number of carbonyl (C=O) groups excluding carboxylic acids is 3. The van der Waals surface area contributed by atoms with Crippen LogP contribution in [-0.4, -0.2) is 28.6 Å². The summed E-state index contributed by atoms with van der Waals surface area (Å²) in [6, 6.07) is 0. The van der Waals surface area contributed by atoms with Crippen molar-refractivity contribution >= 4 is 17.3 Å². The van der Waals surface area contributed by atoms with Crippen molar-refractivity contribution in [3.05, 3.63) is 93.2 Å². The molecule has 12 unspecified atom stereocenters. The van der Waals surface area contributed by atoms with Crippen LogP contribution in [0.5, 0.6) is 0 Å². The van der Waals surface area contributed by atoms with Gasteiger partial charge in [-0.25, -0.2) is 0 Å². The van der Waals surface area contributed by atoms with Crippen molar-refractivity contribution < 1.29 is 19.5 Å². The first-order chi connectivity index (χ1) is 43.5. The molecule has 4 heteroatoms. The monoisotopic (exact) mass is 1210 g/mol. The number of carbonyl (C=O) groups is 3. The Morgan fingerprint density at radius 1 is 0.422 bits per heavy atom. The summed E-state index contributed by atoms with van der Waals surface area (Å²) in [6.07, 6.45) is 51.0. The van der Waals surface area contributed by atoms with Crippen molar-refractivity contribution in [2.75, 3.05) is 0 Å². The van der Waals surface area contributed by atoms with Crippen LogP contribution in [0.1, 0.15) is 242 Å². The molecule has 16 rings (SSSR count). The van der Waals surface area contributed by atoms with Gasteiger partial charge in [-0.3, -0.25) is 14.4 Å². The normalized spacial score (nSPS) is 44.0. The summed E-state index contributed by atoms with van der Waals surface area (Å²) in [4.78, 5) is 35.3. The van der Waals surface area contributed by atoms with E-state index in [2.05, 4.69) is 112 Å². The molecule has 8 saturated carbocycles. The summed E-state index contributed by atoms with van der Waals surface area (Å²) in [5.41, 5.74) is 13.1. The number of hydrogen-bond acceptors (Lipinski definition) is 4. The minimum absolute atomic E-state index is 0.170. The van der Waals surface area contributed by atoms with Crippen LogP contribution < -0.4 is 0 Å². The Balaban J connectivity index is 0.000000110. The minimum Gasteiger partial charge on any atom is -0.389 e. The molecule has 0 aromatic carbocycles. The fraction of sp³-hybridized carbons (Fsp3) is 0.686. The fourth-order valence-corrected chi connectivity index (χ4v) is 25.3. The smallest absolute Gasteiger partial charge is 0.155 e. The van der Waals surface area contributed by atoms with E-state index in [9.17, 15) is 19.5 Å². The molecule has 90 heavy (non-hydrogen) atoms. The quantitative estimate of drug-likeness (QED) is 0.210. The van der Waals surface area contributed by atoms with Gasteiger partial charge in [-0.05, 0) is 307 Å². The number of aliphatic hydroxyl groups is 1. The summed E-state index contributed by atoms with van der Waals surface area (Å²) in [5, 5.41) is 9.93. The first-order valence-corrected chi connectivity index (χ1v) is 37.1. The molecule has 0 heterocycles. The second kappa shape index (κ2) is 25.8. The molecule has 0 spiro atoms. The summed E-state index contributed by atoms with van der Waals surface area (Å²) in [6.45, 7) is 20.1. The average Bonchev–Trinajstić information content (AvgIpc) is 1.48. The zero-order valence-corrected chi connectivity index (χ0v) is 57.0. The van der Waals surface area contributed by atoms with Crippen molar-refractivity contribution in [3.63, 3.8) is 0 Å². The Hall–Kier alpha value is -4.87. The van der Waals surface area contributed by atoms with Gasteiger partial charge in [0.1, 0.15) is 0 Å². The second-order valence-corrected chi connectivity index (χ2v) is 32.8. The first kappa shape index (κ1) is 63.9. The van der Waals surface area contributed by atoms with Gasteiger partial charge in [0.2, 0.25) is 0 Å².